The molecule has 0 saturated heterocycles. The van der Waals surface area contributed by atoms with E-state index in [1.807, 2.05) is 0 Å². The monoisotopic (exact) mass is 352 g/mol. The summed E-state index contributed by atoms with van der Waals surface area (Å²) in [6.07, 6.45) is 3.32. The second-order valence-electron chi connectivity index (χ2n) is 6.77. The second-order valence-corrected chi connectivity index (χ2v) is 6.77. The van der Waals surface area contributed by atoms with E-state index in [2.05, 4.69) is 45.7 Å². The number of benzene rings is 1. The van der Waals surface area contributed by atoms with Gasteiger partial charge in [-0.05, 0) is 49.5 Å². The highest BCUT2D eigenvalue weighted by Crippen LogP contribution is 2.40. The van der Waals surface area contributed by atoms with E-state index >= 15 is 0 Å². The number of allylic oxidation sites excluding steroid dienone is 1. The first kappa shape index (κ1) is 16.7. The molecule has 1 aliphatic carbocycles. The third kappa shape index (κ3) is 3.07. The Labute approximate surface area is 153 Å². The van der Waals surface area contributed by atoms with Crippen LogP contribution in [0.1, 0.15) is 30.4 Å². The van der Waals surface area contributed by atoms with Crippen molar-refractivity contribution in [3.8, 4) is 11.8 Å². The van der Waals surface area contributed by atoms with Gasteiger partial charge in [0.15, 0.2) is 0 Å². The van der Waals surface area contributed by atoms with E-state index < -0.39 is 0 Å². The van der Waals surface area contributed by atoms with Crippen molar-refractivity contribution in [1.82, 2.24) is 9.97 Å². The molecule has 1 aliphatic heterocycles. The number of aryl methyl sites for hydroxylation is 1. The van der Waals surface area contributed by atoms with Crippen LogP contribution >= 0.6 is 0 Å². The summed E-state index contributed by atoms with van der Waals surface area (Å²) in [6, 6.07) is 8.51. The zero-order chi connectivity index (χ0) is 18.1. The van der Waals surface area contributed by atoms with Crippen molar-refractivity contribution >= 4 is 17.2 Å². The minimum Gasteiger partial charge on any atom is -0.481 e. The number of fused-ring (bicyclic) bond motifs is 2. The fourth-order valence-electron chi connectivity index (χ4n) is 3.81. The maximum atomic E-state index is 5.26. The summed E-state index contributed by atoms with van der Waals surface area (Å²) in [4.78, 5) is 8.85. The quantitative estimate of drug-likeness (QED) is 0.875. The third-order valence-corrected chi connectivity index (χ3v) is 5.10. The number of nitrogens with one attached hydrogen (secondary N) is 2. The normalized spacial score (nSPS) is 18.5. The minimum atomic E-state index is 0.205. The number of aromatic nitrogens is 2. The molecule has 6 nitrogen and oxygen atoms in total. The van der Waals surface area contributed by atoms with Crippen molar-refractivity contribution in [2.75, 3.05) is 31.4 Å². The van der Waals surface area contributed by atoms with Gasteiger partial charge >= 0.3 is 0 Å². The van der Waals surface area contributed by atoms with Crippen LogP contribution in [-0.2, 0) is 0 Å². The van der Waals surface area contributed by atoms with Crippen molar-refractivity contribution in [3.05, 3.63) is 41.0 Å². The summed E-state index contributed by atoms with van der Waals surface area (Å²) in [6.45, 7) is 2.99. The summed E-state index contributed by atoms with van der Waals surface area (Å²) in [7, 11) is 3.19. The van der Waals surface area contributed by atoms with Gasteiger partial charge in [0, 0.05) is 17.8 Å². The highest BCUT2D eigenvalue weighted by atomic mass is 16.5. The van der Waals surface area contributed by atoms with Gasteiger partial charge in [0.2, 0.25) is 17.7 Å². The molecule has 1 aromatic carbocycles. The minimum absolute atomic E-state index is 0.205. The molecule has 1 atom stereocenters. The maximum Gasteiger partial charge on any atom is 0.229 e. The van der Waals surface area contributed by atoms with Crippen LogP contribution in [0.4, 0.5) is 11.6 Å². The predicted octanol–water partition coefficient (Wildman–Crippen LogP) is 3.65. The van der Waals surface area contributed by atoms with Crippen LogP contribution in [0.5, 0.6) is 11.8 Å². The van der Waals surface area contributed by atoms with Gasteiger partial charge in [0.1, 0.15) is 0 Å². The molecule has 4 rings (SSSR count). The molecule has 0 saturated carbocycles. The van der Waals surface area contributed by atoms with Crippen LogP contribution in [0.2, 0.25) is 0 Å². The average molecular weight is 352 g/mol. The molecule has 0 amide bonds. The highest BCUT2D eigenvalue weighted by Gasteiger charge is 2.28. The molecular formula is C20H24N4O2. The number of anilines is 2. The van der Waals surface area contributed by atoms with Crippen molar-refractivity contribution < 1.29 is 9.47 Å². The molecule has 2 aliphatic rings. The molecule has 1 unspecified atom stereocenters. The van der Waals surface area contributed by atoms with E-state index in [9.17, 15) is 0 Å². The molecule has 0 spiro atoms. The summed E-state index contributed by atoms with van der Waals surface area (Å²) in [5.74, 6) is 1.52. The first-order valence-corrected chi connectivity index (χ1v) is 8.98. The first-order valence-electron chi connectivity index (χ1n) is 8.98. The van der Waals surface area contributed by atoms with Crippen molar-refractivity contribution in [2.24, 2.45) is 0 Å². The Kier molecular flexibility index (Phi) is 4.41. The third-order valence-electron chi connectivity index (χ3n) is 5.10. The van der Waals surface area contributed by atoms with Gasteiger partial charge in [0.25, 0.3) is 0 Å². The lowest BCUT2D eigenvalue weighted by Gasteiger charge is -2.34. The van der Waals surface area contributed by atoms with Crippen LogP contribution < -0.4 is 20.1 Å². The van der Waals surface area contributed by atoms with Crippen LogP contribution in [0, 0.1) is 6.92 Å². The molecule has 6 heteroatoms. The largest absolute Gasteiger partial charge is 0.481 e. The van der Waals surface area contributed by atoms with Crippen LogP contribution in [-0.4, -0.2) is 36.8 Å². The van der Waals surface area contributed by atoms with E-state index in [1.54, 1.807) is 20.3 Å². The SMILES string of the molecule is COc1cc(OC)nc(NC2CCCC3=C2CNc2ccc(C)cc23)n1. The van der Waals surface area contributed by atoms with Gasteiger partial charge in [-0.3, -0.25) is 0 Å². The molecule has 26 heavy (non-hydrogen) atoms. The van der Waals surface area contributed by atoms with E-state index in [1.165, 1.54) is 28.0 Å². The Balaban J connectivity index is 1.67. The fourth-order valence-corrected chi connectivity index (χ4v) is 3.81. The van der Waals surface area contributed by atoms with E-state index in [0.29, 0.717) is 17.7 Å². The zero-order valence-electron chi connectivity index (χ0n) is 15.4. The van der Waals surface area contributed by atoms with Crippen molar-refractivity contribution in [2.45, 2.75) is 32.2 Å². The zero-order valence-corrected chi connectivity index (χ0v) is 15.4. The van der Waals surface area contributed by atoms with Crippen molar-refractivity contribution in [1.29, 1.82) is 0 Å². The van der Waals surface area contributed by atoms with Crippen LogP contribution in [0.15, 0.2) is 29.8 Å². The van der Waals surface area contributed by atoms with Gasteiger partial charge in [0.05, 0.1) is 26.3 Å². The van der Waals surface area contributed by atoms with Crippen LogP contribution in [0.3, 0.4) is 0 Å². The summed E-state index contributed by atoms with van der Waals surface area (Å²) < 4.78 is 10.5. The summed E-state index contributed by atoms with van der Waals surface area (Å²) >= 11 is 0. The lowest BCUT2D eigenvalue weighted by Crippen LogP contribution is -2.32. The maximum absolute atomic E-state index is 5.26. The van der Waals surface area contributed by atoms with Crippen molar-refractivity contribution in [3.63, 3.8) is 0 Å². The Hall–Kier alpha value is -2.76. The van der Waals surface area contributed by atoms with Gasteiger partial charge in [-0.2, -0.15) is 9.97 Å². The number of nitrogens with zero attached hydrogens (tertiary/aromatic N) is 2. The molecule has 136 valence electrons. The van der Waals surface area contributed by atoms with Crippen LogP contribution in [0.25, 0.3) is 5.57 Å². The number of hydrogen-bond donors (Lipinski definition) is 2. The van der Waals surface area contributed by atoms with Gasteiger partial charge in [-0.25, -0.2) is 0 Å². The van der Waals surface area contributed by atoms with E-state index in [4.69, 9.17) is 9.47 Å². The molecular weight excluding hydrogens is 328 g/mol. The topological polar surface area (TPSA) is 68.3 Å². The second kappa shape index (κ2) is 6.86. The number of rotatable bonds is 4. The average Bonchev–Trinajstić information content (AvgIpc) is 2.67. The number of hydrogen-bond acceptors (Lipinski definition) is 6. The molecule has 0 radical (unpaired) electrons. The first-order chi connectivity index (χ1) is 12.7. The Bertz CT molecular complexity index is 841. The molecule has 2 N–H and O–H groups in total. The summed E-state index contributed by atoms with van der Waals surface area (Å²) in [5, 5.41) is 7.06. The fraction of sp³-hybridized carbons (Fsp3) is 0.400. The predicted molar refractivity (Wildman–Crippen MR) is 103 cm³/mol. The lowest BCUT2D eigenvalue weighted by molar-refractivity contribution is 0.372. The molecule has 2 heterocycles. The molecule has 0 fully saturated rings. The van der Waals surface area contributed by atoms with E-state index in [-0.39, 0.29) is 6.04 Å². The van der Waals surface area contributed by atoms with Gasteiger partial charge in [-0.15, -0.1) is 0 Å². The Morgan fingerprint density at radius 2 is 1.88 bits per heavy atom. The number of methoxy groups -OCH3 is 2. The molecule has 0 bridgehead atoms. The lowest BCUT2D eigenvalue weighted by atomic mass is 9.81. The Morgan fingerprint density at radius 1 is 1.12 bits per heavy atom. The smallest absolute Gasteiger partial charge is 0.229 e. The Morgan fingerprint density at radius 3 is 2.62 bits per heavy atom. The van der Waals surface area contributed by atoms with Gasteiger partial charge in [-0.1, -0.05) is 11.6 Å². The standard InChI is InChI=1S/C20H24N4O2/c1-12-7-8-16-14(9-12)13-5-4-6-17(15(13)11-21-16)22-20-23-18(25-2)10-19(24-20)26-3/h7-10,17,21H,4-6,11H2,1-3H3,(H,22,23,24). The van der Waals surface area contributed by atoms with E-state index in [0.717, 1.165) is 25.8 Å². The highest BCUT2D eigenvalue weighted by molar-refractivity contribution is 5.83. The molecule has 2 aromatic rings. The van der Waals surface area contributed by atoms with Gasteiger partial charge < -0.3 is 20.1 Å². The molecule has 1 aromatic heterocycles. The summed E-state index contributed by atoms with van der Waals surface area (Å²) in [5.41, 5.74) is 6.72. The number of ether oxygens (including phenoxy) is 2.